The maximum Gasteiger partial charge on any atom is 0.258 e. The van der Waals surface area contributed by atoms with Crippen molar-refractivity contribution in [2.75, 3.05) is 0 Å². The number of hydrogen-bond acceptors (Lipinski definition) is 1. The number of unbranched alkanes of at least 4 members (excludes halogenated alkanes) is 1. The van der Waals surface area contributed by atoms with Gasteiger partial charge in [0.25, 0.3) is 5.56 Å². The van der Waals surface area contributed by atoms with Gasteiger partial charge < -0.3 is 4.57 Å². The number of nitrogens with zero attached hydrogens (tertiary/aromatic N) is 1. The molecule has 0 aliphatic carbocycles. The first-order chi connectivity index (χ1) is 10.2. The normalized spacial score (nSPS) is 11.2. The van der Waals surface area contributed by atoms with Crippen molar-refractivity contribution in [2.45, 2.75) is 65.8 Å². The van der Waals surface area contributed by atoms with Crippen molar-refractivity contribution in [3.8, 4) is 0 Å². The standard InChI is InChI=1S/C19H27NO/c1-4-7-14-20-18(11-6-3)16(10-5-2)15-12-8-9-13-17(15)19(20)21/h8-9,12-13H,4-7,10-11,14H2,1-3H3. The van der Waals surface area contributed by atoms with E-state index in [0.717, 1.165) is 50.5 Å². The molecular weight excluding hydrogens is 258 g/mol. The van der Waals surface area contributed by atoms with Crippen LogP contribution in [0.2, 0.25) is 0 Å². The van der Waals surface area contributed by atoms with Crippen molar-refractivity contribution < 1.29 is 0 Å². The third kappa shape index (κ3) is 3.20. The first-order valence-electron chi connectivity index (χ1n) is 8.37. The van der Waals surface area contributed by atoms with Crippen LogP contribution in [0.3, 0.4) is 0 Å². The molecule has 0 unspecified atom stereocenters. The monoisotopic (exact) mass is 285 g/mol. The lowest BCUT2D eigenvalue weighted by molar-refractivity contribution is 0.580. The van der Waals surface area contributed by atoms with Gasteiger partial charge in [-0.05, 0) is 36.3 Å². The van der Waals surface area contributed by atoms with Crippen LogP contribution in [0.5, 0.6) is 0 Å². The number of aryl methyl sites for hydroxylation is 1. The van der Waals surface area contributed by atoms with E-state index in [2.05, 4.69) is 31.4 Å². The summed E-state index contributed by atoms with van der Waals surface area (Å²) in [5.41, 5.74) is 2.87. The van der Waals surface area contributed by atoms with Crippen molar-refractivity contribution in [3.05, 3.63) is 45.9 Å². The second-order valence-corrected chi connectivity index (χ2v) is 5.78. The number of fused-ring (bicyclic) bond motifs is 1. The Morgan fingerprint density at radius 2 is 1.57 bits per heavy atom. The van der Waals surface area contributed by atoms with E-state index in [4.69, 9.17) is 0 Å². The largest absolute Gasteiger partial charge is 0.312 e. The van der Waals surface area contributed by atoms with Crippen LogP contribution in [0, 0.1) is 0 Å². The Labute approximate surface area is 127 Å². The molecule has 1 aromatic carbocycles. The fourth-order valence-electron chi connectivity index (χ4n) is 3.12. The van der Waals surface area contributed by atoms with Gasteiger partial charge in [-0.3, -0.25) is 4.79 Å². The van der Waals surface area contributed by atoms with Crippen LogP contribution in [0.4, 0.5) is 0 Å². The van der Waals surface area contributed by atoms with Crippen molar-refractivity contribution >= 4 is 10.8 Å². The van der Waals surface area contributed by atoms with Gasteiger partial charge in [0, 0.05) is 17.6 Å². The van der Waals surface area contributed by atoms with E-state index in [-0.39, 0.29) is 5.56 Å². The van der Waals surface area contributed by atoms with Crippen LogP contribution in [0.15, 0.2) is 29.1 Å². The van der Waals surface area contributed by atoms with Gasteiger partial charge in [0.05, 0.1) is 0 Å². The topological polar surface area (TPSA) is 22.0 Å². The molecular formula is C19H27NO. The molecule has 0 bridgehead atoms. The molecule has 0 saturated carbocycles. The van der Waals surface area contributed by atoms with E-state index < -0.39 is 0 Å². The Morgan fingerprint density at radius 1 is 0.905 bits per heavy atom. The van der Waals surface area contributed by atoms with Gasteiger partial charge in [0.1, 0.15) is 0 Å². The van der Waals surface area contributed by atoms with E-state index in [1.165, 1.54) is 16.6 Å². The summed E-state index contributed by atoms with van der Waals surface area (Å²) in [5, 5.41) is 2.05. The summed E-state index contributed by atoms with van der Waals surface area (Å²) >= 11 is 0. The fourth-order valence-corrected chi connectivity index (χ4v) is 3.12. The number of benzene rings is 1. The lowest BCUT2D eigenvalue weighted by atomic mass is 9.97. The molecule has 1 heterocycles. The summed E-state index contributed by atoms with van der Waals surface area (Å²) in [5.74, 6) is 0. The van der Waals surface area contributed by atoms with E-state index >= 15 is 0 Å². The number of rotatable bonds is 7. The summed E-state index contributed by atoms with van der Waals surface area (Å²) in [6.07, 6.45) is 6.45. The number of aromatic nitrogens is 1. The third-order valence-electron chi connectivity index (χ3n) is 4.12. The zero-order chi connectivity index (χ0) is 15.2. The smallest absolute Gasteiger partial charge is 0.258 e. The van der Waals surface area contributed by atoms with E-state index in [0.29, 0.717) is 0 Å². The Bertz CT molecular complexity index is 654. The fraction of sp³-hybridized carbons (Fsp3) is 0.526. The zero-order valence-corrected chi connectivity index (χ0v) is 13.6. The van der Waals surface area contributed by atoms with E-state index in [1.807, 2.05) is 18.2 Å². The van der Waals surface area contributed by atoms with Crippen LogP contribution < -0.4 is 5.56 Å². The van der Waals surface area contributed by atoms with Gasteiger partial charge in [0.2, 0.25) is 0 Å². The summed E-state index contributed by atoms with van der Waals surface area (Å²) in [7, 11) is 0. The van der Waals surface area contributed by atoms with Crippen LogP contribution >= 0.6 is 0 Å². The van der Waals surface area contributed by atoms with Crippen LogP contribution in [-0.2, 0) is 19.4 Å². The molecule has 0 radical (unpaired) electrons. The molecule has 0 spiro atoms. The highest BCUT2D eigenvalue weighted by Crippen LogP contribution is 2.23. The van der Waals surface area contributed by atoms with Crippen molar-refractivity contribution in [1.82, 2.24) is 4.57 Å². The minimum absolute atomic E-state index is 0.197. The number of hydrogen-bond donors (Lipinski definition) is 0. The van der Waals surface area contributed by atoms with E-state index in [1.54, 1.807) is 0 Å². The Kier molecular flexibility index (Phi) is 5.60. The highest BCUT2D eigenvalue weighted by molar-refractivity contribution is 5.85. The SMILES string of the molecule is CCCCn1c(CCC)c(CCC)c2ccccc2c1=O. The molecule has 0 N–H and O–H groups in total. The van der Waals surface area contributed by atoms with Crippen molar-refractivity contribution in [3.63, 3.8) is 0 Å². The molecule has 21 heavy (non-hydrogen) atoms. The molecule has 0 saturated heterocycles. The summed E-state index contributed by atoms with van der Waals surface area (Å²) in [4.78, 5) is 12.8. The number of pyridine rings is 1. The first-order valence-corrected chi connectivity index (χ1v) is 8.37. The highest BCUT2D eigenvalue weighted by atomic mass is 16.1. The first kappa shape index (κ1) is 15.8. The third-order valence-corrected chi connectivity index (χ3v) is 4.12. The minimum Gasteiger partial charge on any atom is -0.312 e. The quantitative estimate of drug-likeness (QED) is 0.722. The van der Waals surface area contributed by atoms with Crippen LogP contribution in [0.25, 0.3) is 10.8 Å². The molecule has 0 atom stereocenters. The molecule has 0 aliphatic heterocycles. The van der Waals surface area contributed by atoms with Gasteiger partial charge in [-0.1, -0.05) is 58.2 Å². The summed E-state index contributed by atoms with van der Waals surface area (Å²) in [6.45, 7) is 7.44. The zero-order valence-electron chi connectivity index (χ0n) is 13.6. The van der Waals surface area contributed by atoms with Gasteiger partial charge in [-0.25, -0.2) is 0 Å². The molecule has 0 fully saturated rings. The molecule has 0 amide bonds. The van der Waals surface area contributed by atoms with Crippen molar-refractivity contribution in [1.29, 1.82) is 0 Å². The average Bonchev–Trinajstić information content (AvgIpc) is 2.51. The predicted octanol–water partition coefficient (Wildman–Crippen LogP) is 4.71. The van der Waals surface area contributed by atoms with Crippen LogP contribution in [-0.4, -0.2) is 4.57 Å². The highest BCUT2D eigenvalue weighted by Gasteiger charge is 2.14. The van der Waals surface area contributed by atoms with Crippen LogP contribution in [0.1, 0.15) is 57.7 Å². The maximum atomic E-state index is 12.8. The maximum absolute atomic E-state index is 12.8. The molecule has 0 aliphatic rings. The second kappa shape index (κ2) is 7.44. The Balaban J connectivity index is 2.75. The van der Waals surface area contributed by atoms with Gasteiger partial charge in [0.15, 0.2) is 0 Å². The predicted molar refractivity (Wildman–Crippen MR) is 91.1 cm³/mol. The minimum atomic E-state index is 0.197. The van der Waals surface area contributed by atoms with Gasteiger partial charge in [-0.2, -0.15) is 0 Å². The van der Waals surface area contributed by atoms with Crippen molar-refractivity contribution in [2.24, 2.45) is 0 Å². The van der Waals surface area contributed by atoms with Gasteiger partial charge in [-0.15, -0.1) is 0 Å². The summed E-state index contributed by atoms with van der Waals surface area (Å²) in [6, 6.07) is 8.12. The molecule has 2 heteroatoms. The molecule has 2 nitrogen and oxygen atoms in total. The molecule has 114 valence electrons. The Hall–Kier alpha value is -1.57. The second-order valence-electron chi connectivity index (χ2n) is 5.78. The average molecular weight is 285 g/mol. The lowest BCUT2D eigenvalue weighted by Gasteiger charge is -2.19. The Morgan fingerprint density at radius 3 is 2.19 bits per heavy atom. The molecule has 2 rings (SSSR count). The van der Waals surface area contributed by atoms with E-state index in [9.17, 15) is 4.79 Å². The van der Waals surface area contributed by atoms with Gasteiger partial charge >= 0.3 is 0 Å². The lowest BCUT2D eigenvalue weighted by Crippen LogP contribution is -2.26. The molecule has 2 aromatic rings. The molecule has 1 aromatic heterocycles. The summed E-state index contributed by atoms with van der Waals surface area (Å²) < 4.78 is 2.06.